The average Bonchev–Trinajstić information content (AvgIpc) is 2.53. The summed E-state index contributed by atoms with van der Waals surface area (Å²) in [5, 5.41) is 9.25. The normalized spacial score (nSPS) is 37.9. The molecule has 110 valence electrons. The van der Waals surface area contributed by atoms with Crippen molar-refractivity contribution in [3.63, 3.8) is 0 Å². The van der Waals surface area contributed by atoms with Gasteiger partial charge in [0.25, 0.3) is 0 Å². The molecule has 0 N–H and O–H groups in total. The number of carbonyl (C=O) groups is 1. The molecule has 0 aromatic carbocycles. The molecule has 3 heteroatoms. The topological polar surface area (TPSA) is 44.1 Å². The van der Waals surface area contributed by atoms with Gasteiger partial charge in [-0.2, -0.15) is 5.26 Å². The fourth-order valence-electron chi connectivity index (χ4n) is 4.66. The van der Waals surface area contributed by atoms with Gasteiger partial charge in [-0.1, -0.05) is 25.7 Å². The summed E-state index contributed by atoms with van der Waals surface area (Å²) in [6.45, 7) is 0.807. The van der Waals surface area contributed by atoms with E-state index in [4.69, 9.17) is 0 Å². The molecule has 1 saturated heterocycles. The van der Waals surface area contributed by atoms with Gasteiger partial charge in [-0.25, -0.2) is 0 Å². The molecule has 3 nitrogen and oxygen atoms in total. The summed E-state index contributed by atoms with van der Waals surface area (Å²) in [7, 11) is 0. The van der Waals surface area contributed by atoms with Gasteiger partial charge in [-0.05, 0) is 50.4 Å². The van der Waals surface area contributed by atoms with Crippen LogP contribution in [0.1, 0.15) is 64.2 Å². The molecule has 1 heterocycles. The molecule has 4 unspecified atom stereocenters. The Labute approximate surface area is 122 Å². The highest BCUT2D eigenvalue weighted by Crippen LogP contribution is 2.43. The van der Waals surface area contributed by atoms with Crippen molar-refractivity contribution in [1.29, 1.82) is 5.26 Å². The van der Waals surface area contributed by atoms with Crippen LogP contribution in [0.5, 0.6) is 0 Å². The van der Waals surface area contributed by atoms with Crippen LogP contribution in [-0.2, 0) is 4.79 Å². The Kier molecular flexibility index (Phi) is 4.29. The van der Waals surface area contributed by atoms with Crippen molar-refractivity contribution in [2.45, 2.75) is 70.3 Å². The summed E-state index contributed by atoms with van der Waals surface area (Å²) >= 11 is 0. The van der Waals surface area contributed by atoms with Crippen LogP contribution in [0.15, 0.2) is 0 Å². The molecule has 0 aromatic heterocycles. The maximum Gasteiger partial charge on any atom is 0.226 e. The lowest BCUT2D eigenvalue weighted by Gasteiger charge is -2.41. The lowest BCUT2D eigenvalue weighted by atomic mass is 9.67. The standard InChI is InChI=1S/C17H26N2O/c18-12-16-7-3-4-10-19(16)17(20)15-9-8-13-5-1-2-6-14(13)11-15/h13-16H,1-11H2. The number of likely N-dealkylation sites (tertiary alicyclic amines) is 1. The number of hydrogen-bond donors (Lipinski definition) is 0. The summed E-state index contributed by atoms with van der Waals surface area (Å²) in [5.74, 6) is 2.18. The van der Waals surface area contributed by atoms with Crippen molar-refractivity contribution < 1.29 is 4.79 Å². The van der Waals surface area contributed by atoms with Crippen LogP contribution in [0.3, 0.4) is 0 Å². The first kappa shape index (κ1) is 13.9. The number of amides is 1. The third-order valence-electron chi connectivity index (χ3n) is 5.82. The minimum atomic E-state index is -0.152. The first-order chi connectivity index (χ1) is 9.79. The Bertz CT molecular complexity index is 400. The highest BCUT2D eigenvalue weighted by Gasteiger charge is 2.38. The molecule has 4 atom stereocenters. The zero-order valence-electron chi connectivity index (χ0n) is 12.4. The van der Waals surface area contributed by atoms with Crippen molar-refractivity contribution in [2.75, 3.05) is 6.54 Å². The van der Waals surface area contributed by atoms with Gasteiger partial charge in [0.2, 0.25) is 5.91 Å². The molecule has 3 aliphatic rings. The van der Waals surface area contributed by atoms with E-state index in [-0.39, 0.29) is 12.0 Å². The monoisotopic (exact) mass is 274 g/mol. The van der Waals surface area contributed by atoms with E-state index < -0.39 is 0 Å². The van der Waals surface area contributed by atoms with E-state index in [2.05, 4.69) is 6.07 Å². The number of nitrogens with zero attached hydrogens (tertiary/aromatic N) is 2. The van der Waals surface area contributed by atoms with Crippen molar-refractivity contribution in [3.05, 3.63) is 0 Å². The largest absolute Gasteiger partial charge is 0.326 e. The lowest BCUT2D eigenvalue weighted by Crippen LogP contribution is -2.47. The van der Waals surface area contributed by atoms with Crippen LogP contribution in [0.25, 0.3) is 0 Å². The van der Waals surface area contributed by atoms with Gasteiger partial charge in [0, 0.05) is 12.5 Å². The number of carbonyl (C=O) groups excluding carboxylic acids is 1. The number of fused-ring (bicyclic) bond motifs is 1. The van der Waals surface area contributed by atoms with Gasteiger partial charge in [0.1, 0.15) is 6.04 Å². The summed E-state index contributed by atoms with van der Waals surface area (Å²) in [4.78, 5) is 14.7. The predicted octanol–water partition coefficient (Wildman–Crippen LogP) is 3.50. The van der Waals surface area contributed by atoms with Crippen LogP contribution in [0.2, 0.25) is 0 Å². The zero-order chi connectivity index (χ0) is 13.9. The quantitative estimate of drug-likeness (QED) is 0.734. The van der Waals surface area contributed by atoms with Crippen molar-refractivity contribution in [1.82, 2.24) is 4.90 Å². The predicted molar refractivity (Wildman–Crippen MR) is 77.8 cm³/mol. The molecular formula is C17H26N2O. The van der Waals surface area contributed by atoms with Crippen LogP contribution >= 0.6 is 0 Å². The Morgan fingerprint density at radius 3 is 2.50 bits per heavy atom. The van der Waals surface area contributed by atoms with E-state index in [0.717, 1.165) is 50.5 Å². The molecule has 0 radical (unpaired) electrons. The lowest BCUT2D eigenvalue weighted by molar-refractivity contribution is -0.140. The number of piperidine rings is 1. The Hall–Kier alpha value is -1.04. The van der Waals surface area contributed by atoms with Gasteiger partial charge in [-0.3, -0.25) is 4.79 Å². The average molecular weight is 274 g/mol. The van der Waals surface area contributed by atoms with Crippen LogP contribution < -0.4 is 0 Å². The molecule has 0 spiro atoms. The van der Waals surface area contributed by atoms with Gasteiger partial charge in [-0.15, -0.1) is 0 Å². The molecular weight excluding hydrogens is 248 g/mol. The molecule has 0 bridgehead atoms. The maximum atomic E-state index is 12.8. The Morgan fingerprint density at radius 2 is 1.70 bits per heavy atom. The van der Waals surface area contributed by atoms with E-state index in [9.17, 15) is 10.1 Å². The summed E-state index contributed by atoms with van der Waals surface area (Å²) in [5.41, 5.74) is 0. The highest BCUT2D eigenvalue weighted by atomic mass is 16.2. The second-order valence-corrected chi connectivity index (χ2v) is 6.99. The van der Waals surface area contributed by atoms with Gasteiger partial charge in [0.15, 0.2) is 0 Å². The third kappa shape index (κ3) is 2.71. The van der Waals surface area contributed by atoms with Crippen LogP contribution in [0.4, 0.5) is 0 Å². The summed E-state index contributed by atoms with van der Waals surface area (Å²) < 4.78 is 0. The van der Waals surface area contributed by atoms with E-state index in [1.54, 1.807) is 0 Å². The highest BCUT2D eigenvalue weighted by molar-refractivity contribution is 5.79. The maximum absolute atomic E-state index is 12.8. The smallest absolute Gasteiger partial charge is 0.226 e. The first-order valence-electron chi connectivity index (χ1n) is 8.49. The van der Waals surface area contributed by atoms with Crippen molar-refractivity contribution in [2.24, 2.45) is 17.8 Å². The van der Waals surface area contributed by atoms with E-state index >= 15 is 0 Å². The fourth-order valence-corrected chi connectivity index (χ4v) is 4.66. The molecule has 20 heavy (non-hydrogen) atoms. The van der Waals surface area contributed by atoms with Crippen molar-refractivity contribution in [3.8, 4) is 6.07 Å². The first-order valence-corrected chi connectivity index (χ1v) is 8.49. The Balaban J connectivity index is 1.63. The Morgan fingerprint density at radius 1 is 0.950 bits per heavy atom. The number of nitriles is 1. The summed E-state index contributed by atoms with van der Waals surface area (Å²) in [6, 6.07) is 2.18. The molecule has 0 aromatic rings. The van der Waals surface area contributed by atoms with E-state index in [1.807, 2.05) is 4.90 Å². The molecule has 2 aliphatic carbocycles. The zero-order valence-corrected chi connectivity index (χ0v) is 12.4. The molecule has 1 amide bonds. The van der Waals surface area contributed by atoms with Gasteiger partial charge < -0.3 is 4.90 Å². The van der Waals surface area contributed by atoms with Crippen LogP contribution in [0, 0.1) is 29.1 Å². The van der Waals surface area contributed by atoms with Crippen molar-refractivity contribution >= 4 is 5.91 Å². The van der Waals surface area contributed by atoms with E-state index in [0.29, 0.717) is 5.91 Å². The molecule has 1 aliphatic heterocycles. The minimum absolute atomic E-state index is 0.152. The minimum Gasteiger partial charge on any atom is -0.326 e. The number of rotatable bonds is 1. The van der Waals surface area contributed by atoms with E-state index in [1.165, 1.54) is 32.1 Å². The second kappa shape index (κ2) is 6.16. The molecule has 2 saturated carbocycles. The van der Waals surface area contributed by atoms with Gasteiger partial charge >= 0.3 is 0 Å². The molecule has 3 rings (SSSR count). The summed E-state index contributed by atoms with van der Waals surface area (Å²) in [6.07, 6.45) is 11.9. The second-order valence-electron chi connectivity index (χ2n) is 6.99. The SMILES string of the molecule is N#CC1CCCCN1C(=O)C1CCC2CCCCC2C1. The van der Waals surface area contributed by atoms with Crippen LogP contribution in [-0.4, -0.2) is 23.4 Å². The third-order valence-corrected chi connectivity index (χ3v) is 5.82. The fraction of sp³-hybridized carbons (Fsp3) is 0.882. The molecule has 3 fully saturated rings. The number of hydrogen-bond acceptors (Lipinski definition) is 2. The van der Waals surface area contributed by atoms with Gasteiger partial charge in [0.05, 0.1) is 6.07 Å².